The number of rotatable bonds is 5. The molecule has 0 radical (unpaired) electrons. The molecular formula is C91H66BrN3. The van der Waals surface area contributed by atoms with Gasteiger partial charge in [0.25, 0.3) is 0 Å². The van der Waals surface area contributed by atoms with Crippen LogP contribution in [-0.4, -0.2) is 13.7 Å². The molecule has 0 amide bonds. The highest BCUT2D eigenvalue weighted by Gasteiger charge is 2.37. The van der Waals surface area contributed by atoms with Crippen molar-refractivity contribution >= 4 is 81.3 Å². The lowest BCUT2D eigenvalue weighted by Gasteiger charge is -2.22. The molecule has 17 aromatic rings. The Balaban J connectivity index is 0.000000118. The minimum Gasteiger partial charge on any atom is -0.309 e. The van der Waals surface area contributed by atoms with Gasteiger partial charge in [-0.2, -0.15) is 0 Å². The normalized spacial score (nSPS) is 13.4. The Kier molecular flexibility index (Phi) is 13.2. The van der Waals surface area contributed by atoms with E-state index < -0.39 is 0 Å². The first-order chi connectivity index (χ1) is 46.5. The molecule has 4 heteroatoms. The Morgan fingerprint density at radius 2 is 0.600 bits per heavy atom. The van der Waals surface area contributed by atoms with Gasteiger partial charge in [-0.25, -0.2) is 0 Å². The third kappa shape index (κ3) is 9.06. The predicted molar refractivity (Wildman–Crippen MR) is 404 cm³/mol. The van der Waals surface area contributed by atoms with Gasteiger partial charge in [0, 0.05) is 64.7 Å². The van der Waals surface area contributed by atoms with Crippen molar-refractivity contribution in [1.82, 2.24) is 13.7 Å². The summed E-state index contributed by atoms with van der Waals surface area (Å²) in [5.74, 6) is 0. The van der Waals surface area contributed by atoms with Crippen LogP contribution in [0.3, 0.4) is 0 Å². The van der Waals surface area contributed by atoms with E-state index in [-0.39, 0.29) is 10.8 Å². The summed E-state index contributed by atoms with van der Waals surface area (Å²) in [7, 11) is 0. The second-order valence-electron chi connectivity index (χ2n) is 26.9. The lowest BCUT2D eigenvalue weighted by atomic mass is 9.82. The molecule has 0 atom stereocenters. The topological polar surface area (TPSA) is 14.8 Å². The van der Waals surface area contributed by atoms with Crippen LogP contribution >= 0.6 is 15.9 Å². The number of halogens is 1. The average molecular weight is 1280 g/mol. The van der Waals surface area contributed by atoms with Crippen molar-refractivity contribution in [3.8, 4) is 72.7 Å². The highest BCUT2D eigenvalue weighted by Crippen LogP contribution is 2.51. The standard InChI is InChI=1S/C45H32N2.C31H21N.C15H13Br/c1-45(2)39-17-9-6-14-33(39)34-23-22-32(28-40(34)45)47-42-19-11-8-16-36(42)38-27-30(21-25-44(38)47)29-20-24-43-37(26-29)35-15-7-10-18-41(35)46(43)31-12-4-3-5-13-31;1-2-9-25(10-3-1)32-30-13-7-6-12-27(30)29-20-22(16-17-31(29)32)21-14-15-24-18-23-8-4-5-11-26(23)28(24)19-21;1-15(2)13-6-4-3-5-11(13)12-8-7-10(16)9-14(12)15/h3-28H,1-2H3;1-17,19-20H,18H2;3-9H,1-2H3. The molecule has 0 fully saturated rings. The van der Waals surface area contributed by atoms with Crippen molar-refractivity contribution in [1.29, 1.82) is 0 Å². The molecule has 0 bridgehead atoms. The fourth-order valence-electron chi connectivity index (χ4n) is 16.3. The van der Waals surface area contributed by atoms with Gasteiger partial charge in [0.15, 0.2) is 0 Å². The molecule has 0 unspecified atom stereocenters. The first kappa shape index (κ1) is 56.7. The molecule has 95 heavy (non-hydrogen) atoms. The summed E-state index contributed by atoms with van der Waals surface area (Å²) < 4.78 is 8.35. The van der Waals surface area contributed by atoms with Gasteiger partial charge >= 0.3 is 0 Å². The molecule has 0 saturated carbocycles. The number of hydrogen-bond donors (Lipinski definition) is 0. The van der Waals surface area contributed by atoms with Crippen molar-refractivity contribution < 1.29 is 0 Å². The van der Waals surface area contributed by atoms with E-state index in [2.05, 4.69) is 373 Å². The smallest absolute Gasteiger partial charge is 0.0541 e. The van der Waals surface area contributed by atoms with E-state index in [4.69, 9.17) is 0 Å². The molecular weight excluding hydrogens is 1210 g/mol. The zero-order chi connectivity index (χ0) is 63.7. The van der Waals surface area contributed by atoms with Gasteiger partial charge in [-0.15, -0.1) is 0 Å². The Bertz CT molecular complexity index is 5950. The maximum Gasteiger partial charge on any atom is 0.0541 e. The minimum absolute atomic E-state index is 0.0455. The van der Waals surface area contributed by atoms with Crippen LogP contribution in [0.1, 0.15) is 61.1 Å². The fraction of sp³-hybridized carbons (Fsp3) is 0.0769. The van der Waals surface area contributed by atoms with Crippen LogP contribution in [0.2, 0.25) is 0 Å². The Morgan fingerprint density at radius 3 is 1.11 bits per heavy atom. The first-order valence-corrected chi connectivity index (χ1v) is 33.9. The number of nitrogens with zero attached hydrogens (tertiary/aromatic N) is 3. The van der Waals surface area contributed by atoms with Crippen molar-refractivity contribution in [2.75, 3.05) is 0 Å². The van der Waals surface area contributed by atoms with Gasteiger partial charge in [-0.1, -0.05) is 250 Å². The van der Waals surface area contributed by atoms with Crippen molar-refractivity contribution in [3.63, 3.8) is 0 Å². The number of para-hydroxylation sites is 5. The van der Waals surface area contributed by atoms with E-state index in [1.165, 1.54) is 171 Å². The minimum atomic E-state index is -0.0455. The highest BCUT2D eigenvalue weighted by molar-refractivity contribution is 9.10. The molecule has 0 N–H and O–H groups in total. The Morgan fingerprint density at radius 1 is 0.242 bits per heavy atom. The largest absolute Gasteiger partial charge is 0.309 e. The lowest BCUT2D eigenvalue weighted by molar-refractivity contribution is 0.660. The van der Waals surface area contributed by atoms with Crippen LogP contribution < -0.4 is 0 Å². The van der Waals surface area contributed by atoms with Crippen LogP contribution in [-0.2, 0) is 17.3 Å². The van der Waals surface area contributed by atoms with Crippen LogP contribution in [0, 0.1) is 0 Å². The number of benzene rings is 14. The van der Waals surface area contributed by atoms with Crippen molar-refractivity contribution in [3.05, 3.63) is 353 Å². The predicted octanol–water partition coefficient (Wildman–Crippen LogP) is 24.6. The monoisotopic (exact) mass is 1280 g/mol. The molecule has 0 aliphatic heterocycles. The molecule has 3 aromatic heterocycles. The Labute approximate surface area is 562 Å². The van der Waals surface area contributed by atoms with E-state index in [1.54, 1.807) is 0 Å². The molecule has 14 aromatic carbocycles. The third-order valence-electron chi connectivity index (χ3n) is 20.9. The molecule has 20 rings (SSSR count). The van der Waals surface area contributed by atoms with Gasteiger partial charge in [-0.05, 0) is 205 Å². The van der Waals surface area contributed by atoms with Crippen molar-refractivity contribution in [2.24, 2.45) is 0 Å². The van der Waals surface area contributed by atoms with E-state index in [0.29, 0.717) is 0 Å². The van der Waals surface area contributed by atoms with Gasteiger partial charge in [0.1, 0.15) is 0 Å². The lowest BCUT2D eigenvalue weighted by Crippen LogP contribution is -2.15. The van der Waals surface area contributed by atoms with E-state index in [1.807, 2.05) is 0 Å². The number of aromatic nitrogens is 3. The van der Waals surface area contributed by atoms with Crippen LogP contribution in [0.5, 0.6) is 0 Å². The maximum absolute atomic E-state index is 3.56. The van der Waals surface area contributed by atoms with Gasteiger partial charge in [-0.3, -0.25) is 0 Å². The zero-order valence-corrected chi connectivity index (χ0v) is 55.0. The summed E-state index contributed by atoms with van der Waals surface area (Å²) in [6.45, 7) is 9.30. The van der Waals surface area contributed by atoms with Gasteiger partial charge in [0.05, 0.1) is 33.1 Å². The quantitative estimate of drug-likeness (QED) is 0.163. The molecule has 3 nitrogen and oxygen atoms in total. The van der Waals surface area contributed by atoms with Crippen LogP contribution in [0.15, 0.2) is 320 Å². The molecule has 0 saturated heterocycles. The average Bonchev–Trinajstić information content (AvgIpc) is 1.59. The van der Waals surface area contributed by atoms with Crippen LogP contribution in [0.25, 0.3) is 138 Å². The van der Waals surface area contributed by atoms with E-state index in [9.17, 15) is 0 Å². The SMILES string of the molecule is CC1(C)c2ccccc2-c2ccc(-n3c4ccccc4c4cc(-c5ccc6c(c5)c5ccccc5n6-c5ccccc5)ccc43)cc21.CC1(C)c2ccccc2-c2ccc(Br)cc21.c1ccc(-n2c3ccccc3c3cc(-c4ccc5c(c4)-c4ccccc4C5)ccc32)cc1. The summed E-state index contributed by atoms with van der Waals surface area (Å²) in [6.07, 6.45) is 1.04. The second kappa shape index (κ2) is 22.1. The Hall–Kier alpha value is -11.0. The van der Waals surface area contributed by atoms with Crippen molar-refractivity contribution in [2.45, 2.75) is 44.9 Å². The third-order valence-corrected chi connectivity index (χ3v) is 21.4. The van der Waals surface area contributed by atoms with E-state index in [0.717, 1.165) is 10.9 Å². The van der Waals surface area contributed by atoms with Gasteiger partial charge < -0.3 is 13.7 Å². The summed E-state index contributed by atoms with van der Waals surface area (Å²) in [5.41, 5.74) is 32.8. The molecule has 0 spiro atoms. The molecule has 3 heterocycles. The first-order valence-electron chi connectivity index (χ1n) is 33.1. The summed E-state index contributed by atoms with van der Waals surface area (Å²) in [4.78, 5) is 0. The zero-order valence-electron chi connectivity index (χ0n) is 53.4. The fourth-order valence-corrected chi connectivity index (χ4v) is 16.6. The molecule has 3 aliphatic carbocycles. The maximum atomic E-state index is 3.56. The number of hydrogen-bond acceptors (Lipinski definition) is 0. The second-order valence-corrected chi connectivity index (χ2v) is 27.8. The molecule has 3 aliphatic rings. The summed E-state index contributed by atoms with van der Waals surface area (Å²) in [5, 5.41) is 7.67. The van der Waals surface area contributed by atoms with Gasteiger partial charge in [0.2, 0.25) is 0 Å². The summed E-state index contributed by atoms with van der Waals surface area (Å²) >= 11 is 3.56. The van der Waals surface area contributed by atoms with E-state index >= 15 is 0 Å². The molecule has 452 valence electrons. The highest BCUT2D eigenvalue weighted by atomic mass is 79.9. The summed E-state index contributed by atoms with van der Waals surface area (Å²) in [6, 6.07) is 115. The van der Waals surface area contributed by atoms with Crippen LogP contribution in [0.4, 0.5) is 0 Å². The number of fused-ring (bicyclic) bond motifs is 18.